The van der Waals surface area contributed by atoms with Crippen LogP contribution >= 0.6 is 0 Å². The summed E-state index contributed by atoms with van der Waals surface area (Å²) < 4.78 is 4.90. The summed E-state index contributed by atoms with van der Waals surface area (Å²) in [5, 5.41) is 0. The lowest BCUT2D eigenvalue weighted by Gasteiger charge is -2.19. The first-order valence-corrected chi connectivity index (χ1v) is 3.55. The van der Waals surface area contributed by atoms with Gasteiger partial charge in [-0.25, -0.2) is 0 Å². The average Bonchev–Trinajstić information content (AvgIpc) is 1.94. The fraction of sp³-hybridized carbons (Fsp3) is 0.444. The number of rotatable bonds is 1. The van der Waals surface area contributed by atoms with Crippen LogP contribution in [0, 0.1) is 5.41 Å². The van der Waals surface area contributed by atoms with Gasteiger partial charge in [0.2, 0.25) is 5.78 Å². The van der Waals surface area contributed by atoms with Gasteiger partial charge in [0.1, 0.15) is 0 Å². The lowest BCUT2D eigenvalue weighted by atomic mass is 9.88. The van der Waals surface area contributed by atoms with Crippen LogP contribution in [0.2, 0.25) is 0 Å². The van der Waals surface area contributed by atoms with Crippen LogP contribution in [0.3, 0.4) is 0 Å². The molecule has 0 unspecified atom stereocenters. The van der Waals surface area contributed by atoms with Crippen molar-refractivity contribution in [3.63, 3.8) is 0 Å². The molecule has 0 atom stereocenters. The Labute approximate surface area is 66.5 Å². The molecule has 0 saturated heterocycles. The van der Waals surface area contributed by atoms with Gasteiger partial charge in [0, 0.05) is 5.41 Å². The van der Waals surface area contributed by atoms with Crippen LogP contribution in [-0.2, 0) is 9.53 Å². The van der Waals surface area contributed by atoms with Crippen molar-refractivity contribution >= 4 is 5.78 Å². The molecule has 1 aliphatic carbocycles. The van der Waals surface area contributed by atoms with Crippen LogP contribution in [0.5, 0.6) is 0 Å². The van der Waals surface area contributed by atoms with E-state index in [4.69, 9.17) is 4.74 Å². The molecular weight excluding hydrogens is 140 g/mol. The second kappa shape index (κ2) is 2.53. The molecule has 0 fully saturated rings. The smallest absolute Gasteiger partial charge is 0.219 e. The number of hydrogen-bond donors (Lipinski definition) is 0. The zero-order chi connectivity index (χ0) is 8.48. The molecule has 0 heterocycles. The van der Waals surface area contributed by atoms with Crippen LogP contribution < -0.4 is 0 Å². The number of carbonyl (C=O) groups is 1. The molecule has 0 aromatic carbocycles. The van der Waals surface area contributed by atoms with E-state index >= 15 is 0 Å². The van der Waals surface area contributed by atoms with Gasteiger partial charge in [0.15, 0.2) is 5.76 Å². The van der Waals surface area contributed by atoms with E-state index in [9.17, 15) is 4.79 Å². The second-order valence-electron chi connectivity index (χ2n) is 3.23. The maximum atomic E-state index is 11.0. The van der Waals surface area contributed by atoms with Crippen LogP contribution in [0.15, 0.2) is 24.0 Å². The molecule has 11 heavy (non-hydrogen) atoms. The summed E-state index contributed by atoms with van der Waals surface area (Å²) in [6, 6.07) is 0. The fourth-order valence-corrected chi connectivity index (χ4v) is 0.989. The molecule has 0 aliphatic heterocycles. The molecule has 0 aromatic rings. The summed E-state index contributed by atoms with van der Waals surface area (Å²) in [6.45, 7) is 4.05. The molecule has 0 aromatic heterocycles. The van der Waals surface area contributed by atoms with Crippen molar-refractivity contribution in [3.8, 4) is 0 Å². The molecule has 0 N–H and O–H groups in total. The van der Waals surface area contributed by atoms with Gasteiger partial charge in [-0.2, -0.15) is 0 Å². The zero-order valence-corrected chi connectivity index (χ0v) is 7.05. The minimum Gasteiger partial charge on any atom is -0.493 e. The van der Waals surface area contributed by atoms with E-state index in [1.807, 2.05) is 26.0 Å². The zero-order valence-electron chi connectivity index (χ0n) is 7.05. The van der Waals surface area contributed by atoms with E-state index in [0.717, 1.165) is 0 Å². The Kier molecular flexibility index (Phi) is 1.85. The quantitative estimate of drug-likeness (QED) is 0.571. The standard InChI is InChI=1S/C9H12O2/c1-9(2)5-4-7(10)8(6-9)11-3/h4-6H,1-3H3. The average molecular weight is 152 g/mol. The van der Waals surface area contributed by atoms with Gasteiger partial charge >= 0.3 is 0 Å². The predicted octanol–water partition coefficient (Wildman–Crippen LogP) is 1.68. The molecular formula is C9H12O2. The van der Waals surface area contributed by atoms with Crippen molar-refractivity contribution in [2.75, 3.05) is 7.11 Å². The van der Waals surface area contributed by atoms with E-state index < -0.39 is 0 Å². The number of hydrogen-bond acceptors (Lipinski definition) is 2. The summed E-state index contributed by atoms with van der Waals surface area (Å²) >= 11 is 0. The summed E-state index contributed by atoms with van der Waals surface area (Å²) in [4.78, 5) is 11.0. The minimum absolute atomic E-state index is 0.0492. The van der Waals surface area contributed by atoms with Gasteiger partial charge in [-0.3, -0.25) is 4.79 Å². The molecule has 0 amide bonds. The maximum absolute atomic E-state index is 11.0. The molecule has 1 rings (SSSR count). The van der Waals surface area contributed by atoms with E-state index in [-0.39, 0.29) is 11.2 Å². The highest BCUT2D eigenvalue weighted by atomic mass is 16.5. The minimum atomic E-state index is -0.0563. The summed E-state index contributed by atoms with van der Waals surface area (Å²) in [7, 11) is 1.51. The Morgan fingerprint density at radius 3 is 2.55 bits per heavy atom. The normalized spacial score (nSPS) is 21.4. The first kappa shape index (κ1) is 8.05. The summed E-state index contributed by atoms with van der Waals surface area (Å²) in [6.07, 6.45) is 5.26. The lowest BCUT2D eigenvalue weighted by Crippen LogP contribution is -2.14. The second-order valence-corrected chi connectivity index (χ2v) is 3.23. The first-order valence-electron chi connectivity index (χ1n) is 3.55. The Balaban J connectivity index is 2.93. The van der Waals surface area contributed by atoms with Crippen LogP contribution in [0.25, 0.3) is 0 Å². The van der Waals surface area contributed by atoms with Gasteiger partial charge in [0.05, 0.1) is 7.11 Å². The summed E-state index contributed by atoms with van der Waals surface area (Å²) in [5.74, 6) is 0.393. The van der Waals surface area contributed by atoms with Crippen molar-refractivity contribution in [1.82, 2.24) is 0 Å². The summed E-state index contributed by atoms with van der Waals surface area (Å²) in [5.41, 5.74) is -0.0563. The molecule has 60 valence electrons. The number of carbonyl (C=O) groups excluding carboxylic acids is 1. The largest absolute Gasteiger partial charge is 0.493 e. The van der Waals surface area contributed by atoms with Crippen molar-refractivity contribution in [1.29, 1.82) is 0 Å². The molecule has 2 heteroatoms. The highest BCUT2D eigenvalue weighted by Crippen LogP contribution is 2.25. The van der Waals surface area contributed by atoms with E-state index in [1.54, 1.807) is 6.08 Å². The third-order valence-electron chi connectivity index (χ3n) is 1.63. The van der Waals surface area contributed by atoms with Crippen LogP contribution in [-0.4, -0.2) is 12.9 Å². The van der Waals surface area contributed by atoms with Crippen molar-refractivity contribution in [3.05, 3.63) is 24.0 Å². The Bertz CT molecular complexity index is 234. The van der Waals surface area contributed by atoms with Crippen molar-refractivity contribution in [2.24, 2.45) is 5.41 Å². The topological polar surface area (TPSA) is 26.3 Å². The molecule has 0 spiro atoms. The van der Waals surface area contributed by atoms with Gasteiger partial charge < -0.3 is 4.74 Å². The Hall–Kier alpha value is -1.05. The number of ketones is 1. The van der Waals surface area contributed by atoms with Gasteiger partial charge in [0.25, 0.3) is 0 Å². The predicted molar refractivity (Wildman–Crippen MR) is 43.0 cm³/mol. The fourth-order valence-electron chi connectivity index (χ4n) is 0.989. The SMILES string of the molecule is COC1=CC(C)(C)C=CC1=O. The Morgan fingerprint density at radius 1 is 1.45 bits per heavy atom. The van der Waals surface area contributed by atoms with Gasteiger partial charge in [-0.05, 0) is 12.2 Å². The van der Waals surface area contributed by atoms with Crippen LogP contribution in [0.4, 0.5) is 0 Å². The molecule has 0 saturated carbocycles. The number of methoxy groups -OCH3 is 1. The molecule has 1 aliphatic rings. The molecule has 2 nitrogen and oxygen atoms in total. The number of allylic oxidation sites excluding steroid dienone is 3. The maximum Gasteiger partial charge on any atom is 0.219 e. The van der Waals surface area contributed by atoms with Crippen molar-refractivity contribution in [2.45, 2.75) is 13.8 Å². The molecule has 0 bridgehead atoms. The monoisotopic (exact) mass is 152 g/mol. The Morgan fingerprint density at radius 2 is 2.09 bits per heavy atom. The van der Waals surface area contributed by atoms with Gasteiger partial charge in [-0.15, -0.1) is 0 Å². The third-order valence-corrected chi connectivity index (χ3v) is 1.63. The van der Waals surface area contributed by atoms with Crippen LogP contribution in [0.1, 0.15) is 13.8 Å². The highest BCUT2D eigenvalue weighted by Gasteiger charge is 2.20. The lowest BCUT2D eigenvalue weighted by molar-refractivity contribution is -0.114. The van der Waals surface area contributed by atoms with Crippen molar-refractivity contribution < 1.29 is 9.53 Å². The first-order chi connectivity index (χ1) is 5.05. The van der Waals surface area contributed by atoms with E-state index in [2.05, 4.69) is 0 Å². The van der Waals surface area contributed by atoms with E-state index in [1.165, 1.54) is 7.11 Å². The highest BCUT2D eigenvalue weighted by molar-refractivity contribution is 6.03. The third kappa shape index (κ3) is 1.70. The molecule has 0 radical (unpaired) electrons. The van der Waals surface area contributed by atoms with Gasteiger partial charge in [-0.1, -0.05) is 19.9 Å². The van der Waals surface area contributed by atoms with E-state index in [0.29, 0.717) is 5.76 Å². The number of ether oxygens (including phenoxy) is 1.